The van der Waals surface area contributed by atoms with E-state index < -0.39 is 0 Å². The molecular weight excluding hydrogens is 282 g/mol. The summed E-state index contributed by atoms with van der Waals surface area (Å²) in [5.74, 6) is 0. The van der Waals surface area contributed by atoms with Crippen molar-refractivity contribution in [3.63, 3.8) is 0 Å². The predicted octanol–water partition coefficient (Wildman–Crippen LogP) is 4.51. The Morgan fingerprint density at radius 3 is 2.09 bits per heavy atom. The van der Waals surface area contributed by atoms with Gasteiger partial charge >= 0.3 is 0 Å². The molecule has 0 rings (SSSR count). The summed E-state index contributed by atoms with van der Waals surface area (Å²) >= 11 is 0. The van der Waals surface area contributed by atoms with Crippen LogP contribution in [0.1, 0.15) is 47.0 Å². The minimum Gasteiger partial charge on any atom is -0.402 e. The Morgan fingerprint density at radius 1 is 1.09 bits per heavy atom. The predicted molar refractivity (Wildman–Crippen MR) is 106 cm³/mol. The smallest absolute Gasteiger partial charge is 0.0330 e. The van der Waals surface area contributed by atoms with Gasteiger partial charge in [0, 0.05) is 17.9 Å². The fourth-order valence-corrected chi connectivity index (χ4v) is 1.73. The van der Waals surface area contributed by atoms with Gasteiger partial charge in [0.1, 0.15) is 0 Å². The van der Waals surface area contributed by atoms with E-state index in [0.717, 1.165) is 6.54 Å². The van der Waals surface area contributed by atoms with Crippen LogP contribution in [0.4, 0.5) is 0 Å². The van der Waals surface area contributed by atoms with Crippen molar-refractivity contribution < 1.29 is 0 Å². The molecule has 23 heavy (non-hydrogen) atoms. The van der Waals surface area contributed by atoms with E-state index in [-0.39, 0.29) is 0 Å². The molecule has 0 amide bonds. The summed E-state index contributed by atoms with van der Waals surface area (Å²) in [7, 11) is 4.22. The highest BCUT2D eigenvalue weighted by Crippen LogP contribution is 2.10. The van der Waals surface area contributed by atoms with Gasteiger partial charge in [-0.1, -0.05) is 42.9 Å². The van der Waals surface area contributed by atoms with E-state index in [1.165, 1.54) is 24.8 Å². The van der Waals surface area contributed by atoms with Crippen molar-refractivity contribution in [1.82, 2.24) is 4.90 Å². The van der Waals surface area contributed by atoms with E-state index in [4.69, 9.17) is 11.5 Å². The second-order valence-electron chi connectivity index (χ2n) is 6.09. The third-order valence-electron chi connectivity index (χ3n) is 2.92. The van der Waals surface area contributed by atoms with Gasteiger partial charge in [0.2, 0.25) is 0 Å². The van der Waals surface area contributed by atoms with E-state index in [1.54, 1.807) is 30.7 Å². The lowest BCUT2D eigenvalue weighted by Gasteiger charge is -2.08. The Bertz CT molecular complexity index is 430. The van der Waals surface area contributed by atoms with Crippen molar-refractivity contribution >= 4 is 0 Å². The van der Waals surface area contributed by atoms with Crippen LogP contribution in [0.3, 0.4) is 0 Å². The molecule has 0 aliphatic carbocycles. The van der Waals surface area contributed by atoms with E-state index in [9.17, 15) is 0 Å². The lowest BCUT2D eigenvalue weighted by Crippen LogP contribution is -2.11. The molecule has 0 aromatic rings. The van der Waals surface area contributed by atoms with Gasteiger partial charge in [-0.3, -0.25) is 0 Å². The Kier molecular flexibility index (Phi) is 15.5. The first-order valence-electron chi connectivity index (χ1n) is 8.20. The second-order valence-corrected chi connectivity index (χ2v) is 6.09. The van der Waals surface area contributed by atoms with Crippen LogP contribution < -0.4 is 11.5 Å². The maximum Gasteiger partial charge on any atom is 0.0330 e. The van der Waals surface area contributed by atoms with Crippen molar-refractivity contribution in [3.8, 4) is 0 Å². The average Bonchev–Trinajstić information content (AvgIpc) is 2.42. The zero-order chi connectivity index (χ0) is 18.3. The number of nitrogens with zero attached hydrogens (tertiary/aromatic N) is 1. The van der Waals surface area contributed by atoms with E-state index in [2.05, 4.69) is 58.5 Å². The quantitative estimate of drug-likeness (QED) is 0.511. The molecule has 4 N–H and O–H groups in total. The zero-order valence-corrected chi connectivity index (χ0v) is 16.0. The van der Waals surface area contributed by atoms with Crippen molar-refractivity contribution in [1.29, 1.82) is 0 Å². The molecular formula is C20H37N3. The van der Waals surface area contributed by atoms with Crippen molar-refractivity contribution in [2.45, 2.75) is 47.0 Å². The third-order valence-corrected chi connectivity index (χ3v) is 2.92. The zero-order valence-electron chi connectivity index (χ0n) is 16.0. The van der Waals surface area contributed by atoms with Crippen LogP contribution in [-0.2, 0) is 0 Å². The highest BCUT2D eigenvalue weighted by atomic mass is 15.0. The fourth-order valence-electron chi connectivity index (χ4n) is 1.73. The molecule has 0 aromatic heterocycles. The molecule has 0 fully saturated rings. The second kappa shape index (κ2) is 15.2. The normalized spacial score (nSPS) is 12.6. The van der Waals surface area contributed by atoms with E-state index in [1.807, 2.05) is 0 Å². The molecule has 0 bridgehead atoms. The van der Waals surface area contributed by atoms with Crippen molar-refractivity contribution in [2.24, 2.45) is 11.5 Å². The van der Waals surface area contributed by atoms with Crippen molar-refractivity contribution in [2.75, 3.05) is 20.6 Å². The van der Waals surface area contributed by atoms with Gasteiger partial charge in [0.05, 0.1) is 0 Å². The van der Waals surface area contributed by atoms with Gasteiger partial charge in [-0.15, -0.1) is 0 Å². The van der Waals surface area contributed by atoms with Gasteiger partial charge in [0.25, 0.3) is 0 Å². The first-order valence-corrected chi connectivity index (χ1v) is 8.20. The van der Waals surface area contributed by atoms with Gasteiger partial charge in [-0.05, 0) is 66.3 Å². The topological polar surface area (TPSA) is 55.3 Å². The summed E-state index contributed by atoms with van der Waals surface area (Å²) < 4.78 is 0. The number of hydrogen-bond acceptors (Lipinski definition) is 3. The van der Waals surface area contributed by atoms with Gasteiger partial charge in [0.15, 0.2) is 0 Å². The first-order chi connectivity index (χ1) is 10.7. The van der Waals surface area contributed by atoms with Crippen LogP contribution in [0, 0.1) is 0 Å². The molecule has 3 heteroatoms. The van der Waals surface area contributed by atoms with Crippen LogP contribution in [0.25, 0.3) is 0 Å². The van der Waals surface area contributed by atoms with Gasteiger partial charge in [-0.2, -0.15) is 0 Å². The number of nitrogens with two attached hydrogens (primary N) is 2. The summed E-state index contributed by atoms with van der Waals surface area (Å²) in [6.07, 6.45) is 13.3. The molecule has 0 saturated carbocycles. The van der Waals surface area contributed by atoms with Gasteiger partial charge < -0.3 is 16.4 Å². The lowest BCUT2D eigenvalue weighted by molar-refractivity contribution is 0.454. The van der Waals surface area contributed by atoms with Gasteiger partial charge in [-0.25, -0.2) is 0 Å². The molecule has 3 nitrogen and oxygen atoms in total. The minimum absolute atomic E-state index is 0.630. The molecule has 0 unspecified atom stereocenters. The molecule has 132 valence electrons. The summed E-state index contributed by atoms with van der Waals surface area (Å²) in [5, 5.41) is 0. The number of likely N-dealkylation sites (N-methyl/N-ethyl adjacent to an activating group) is 1. The average molecular weight is 320 g/mol. The summed E-state index contributed by atoms with van der Waals surface area (Å²) in [6.45, 7) is 12.9. The van der Waals surface area contributed by atoms with Crippen LogP contribution in [-0.4, -0.2) is 25.5 Å². The largest absolute Gasteiger partial charge is 0.402 e. The molecule has 0 heterocycles. The summed E-state index contributed by atoms with van der Waals surface area (Å²) in [5.41, 5.74) is 15.1. The minimum atomic E-state index is 0.630. The Labute approximate surface area is 144 Å². The van der Waals surface area contributed by atoms with Crippen molar-refractivity contribution in [3.05, 3.63) is 59.5 Å². The Balaban J connectivity index is 0. The highest BCUT2D eigenvalue weighted by Gasteiger charge is 1.93. The number of rotatable bonds is 8. The highest BCUT2D eigenvalue weighted by molar-refractivity contribution is 5.21. The van der Waals surface area contributed by atoms with Crippen LogP contribution in [0.5, 0.6) is 0 Å². The number of allylic oxidation sites excluding steroid dienone is 7. The Morgan fingerprint density at radius 2 is 1.70 bits per heavy atom. The third kappa shape index (κ3) is 20.3. The van der Waals surface area contributed by atoms with Crippen LogP contribution in [0.15, 0.2) is 59.5 Å². The summed E-state index contributed by atoms with van der Waals surface area (Å²) in [6, 6.07) is 0. The van der Waals surface area contributed by atoms with Crippen LogP contribution in [0.2, 0.25) is 0 Å². The van der Waals surface area contributed by atoms with E-state index >= 15 is 0 Å². The first kappa shape index (κ1) is 23.5. The molecule has 0 saturated heterocycles. The van der Waals surface area contributed by atoms with E-state index in [0.29, 0.717) is 11.4 Å². The molecule has 0 radical (unpaired) electrons. The lowest BCUT2D eigenvalue weighted by atomic mass is 10.1. The molecule has 0 aromatic carbocycles. The fraction of sp³-hybridized carbons (Fsp3) is 0.500. The molecule has 0 aliphatic rings. The molecule has 0 spiro atoms. The number of hydrogen-bond donors (Lipinski definition) is 2. The Hall–Kier alpha value is -1.74. The monoisotopic (exact) mass is 319 g/mol. The molecule has 0 aliphatic heterocycles. The SMILES string of the molecule is C=C/C=C(N)\C=C(/C)N.CC/C(=C\CN(C)C)CCC=C(C)C. The maximum atomic E-state index is 5.42. The molecule has 0 atom stereocenters. The standard InChI is InChI=1S/C13H25N.C7H12N2/c1-6-13(10-11-14(4)5)9-7-8-12(2)3;1-3-4-7(9)5-6(2)8/h8,10H,6-7,9,11H2,1-5H3;3-5H,1,8-9H2,2H3/b13-10+;6-5+,7-4+. The maximum absolute atomic E-state index is 5.42. The summed E-state index contributed by atoms with van der Waals surface area (Å²) in [4.78, 5) is 2.20. The van der Waals surface area contributed by atoms with Crippen LogP contribution >= 0.6 is 0 Å².